The summed E-state index contributed by atoms with van der Waals surface area (Å²) in [5.41, 5.74) is 8.85. The summed E-state index contributed by atoms with van der Waals surface area (Å²) in [6.45, 7) is 1.12. The second kappa shape index (κ2) is 8.00. The Bertz CT molecular complexity index is 1340. The fourth-order valence-electron chi connectivity index (χ4n) is 3.61. The molecule has 0 saturated heterocycles. The van der Waals surface area contributed by atoms with Crippen molar-refractivity contribution in [2.75, 3.05) is 5.32 Å². The molecule has 1 amide bonds. The quantitative estimate of drug-likeness (QED) is 0.298. The van der Waals surface area contributed by atoms with Crippen LogP contribution < -0.4 is 16.5 Å². The van der Waals surface area contributed by atoms with Gasteiger partial charge < -0.3 is 25.8 Å². The van der Waals surface area contributed by atoms with Gasteiger partial charge in [0.15, 0.2) is 5.65 Å². The van der Waals surface area contributed by atoms with Crippen LogP contribution in [0.3, 0.4) is 0 Å². The monoisotopic (exact) mass is 431 g/mol. The van der Waals surface area contributed by atoms with Gasteiger partial charge in [-0.05, 0) is 23.2 Å². The van der Waals surface area contributed by atoms with Crippen molar-refractivity contribution in [1.82, 2.24) is 24.6 Å². The number of carbonyl (C=O) groups excluding carboxylic acids is 1. The van der Waals surface area contributed by atoms with E-state index in [-0.39, 0.29) is 5.56 Å². The summed E-state index contributed by atoms with van der Waals surface area (Å²) >= 11 is 0. The van der Waals surface area contributed by atoms with E-state index in [1.807, 2.05) is 6.07 Å². The highest BCUT2D eigenvalue weighted by molar-refractivity contribution is 6.58. The number of fused-ring (bicyclic) bond motifs is 2. The van der Waals surface area contributed by atoms with Gasteiger partial charge in [-0.3, -0.25) is 9.20 Å². The lowest BCUT2D eigenvalue weighted by molar-refractivity contribution is 0.100. The molecule has 1 aliphatic heterocycles. The highest BCUT2D eigenvalue weighted by Gasteiger charge is 2.23. The number of primary amides is 1. The van der Waals surface area contributed by atoms with Gasteiger partial charge in [-0.25, -0.2) is 9.97 Å². The Labute approximate surface area is 182 Å². The highest BCUT2D eigenvalue weighted by atomic mass is 16.5. The van der Waals surface area contributed by atoms with Crippen molar-refractivity contribution >= 4 is 30.0 Å². The maximum absolute atomic E-state index is 11.7. The van der Waals surface area contributed by atoms with Gasteiger partial charge in [0.05, 0.1) is 24.5 Å². The zero-order chi connectivity index (χ0) is 22.2. The number of hydrogen-bond donors (Lipinski definition) is 4. The van der Waals surface area contributed by atoms with Crippen molar-refractivity contribution in [3.63, 3.8) is 0 Å². The van der Waals surface area contributed by atoms with Crippen molar-refractivity contribution in [3.05, 3.63) is 65.0 Å². The second-order valence-electron chi connectivity index (χ2n) is 7.29. The zero-order valence-corrected chi connectivity index (χ0v) is 16.8. The molecular weight excluding hydrogens is 413 g/mol. The molecule has 0 spiro atoms. The van der Waals surface area contributed by atoms with Crippen LogP contribution in [0, 0.1) is 0 Å². The normalized spacial score (nSPS) is 12.7. The molecule has 0 radical (unpaired) electrons. The van der Waals surface area contributed by atoms with Crippen LogP contribution in [0.2, 0.25) is 0 Å². The Morgan fingerprint density at radius 1 is 1.19 bits per heavy atom. The summed E-state index contributed by atoms with van der Waals surface area (Å²) in [6, 6.07) is 10.2. The Kier molecular flexibility index (Phi) is 5.01. The summed E-state index contributed by atoms with van der Waals surface area (Å²) in [5, 5.41) is 30.3. The van der Waals surface area contributed by atoms with Gasteiger partial charge >= 0.3 is 7.12 Å². The van der Waals surface area contributed by atoms with Gasteiger partial charge in [-0.2, -0.15) is 0 Å². The topological polar surface area (TPSA) is 161 Å². The lowest BCUT2D eigenvalue weighted by Gasteiger charge is -2.12. The van der Waals surface area contributed by atoms with Crippen LogP contribution in [-0.4, -0.2) is 47.6 Å². The maximum atomic E-state index is 11.7. The van der Waals surface area contributed by atoms with Crippen molar-refractivity contribution < 1.29 is 19.6 Å². The number of carbonyl (C=O) groups is 1. The minimum Gasteiger partial charge on any atom is -0.423 e. The average Bonchev–Trinajstić information content (AvgIpc) is 3.44. The second-order valence-corrected chi connectivity index (χ2v) is 7.29. The lowest BCUT2D eigenvalue weighted by atomic mass is 9.80. The van der Waals surface area contributed by atoms with Crippen LogP contribution >= 0.6 is 0 Å². The van der Waals surface area contributed by atoms with Gasteiger partial charge in [0.1, 0.15) is 5.82 Å². The number of rotatable bonds is 6. The Morgan fingerprint density at radius 2 is 2.06 bits per heavy atom. The molecule has 5 N–H and O–H groups in total. The maximum Gasteiger partial charge on any atom is 0.488 e. The molecule has 0 atom stereocenters. The van der Waals surface area contributed by atoms with Gasteiger partial charge in [-0.15, -0.1) is 10.2 Å². The first-order valence-corrected chi connectivity index (χ1v) is 9.81. The molecule has 0 fully saturated rings. The SMILES string of the molecule is NC(=O)c1cccn2c(-c3nc4c(c(NCc5cccc(B(O)O)c5)n3)COC4)nnc12. The van der Waals surface area contributed by atoms with E-state index in [9.17, 15) is 14.8 Å². The molecule has 4 heterocycles. The van der Waals surface area contributed by atoms with Crippen LogP contribution in [0.25, 0.3) is 17.3 Å². The molecule has 3 aromatic heterocycles. The van der Waals surface area contributed by atoms with E-state index < -0.39 is 13.0 Å². The summed E-state index contributed by atoms with van der Waals surface area (Å²) in [4.78, 5) is 20.9. The van der Waals surface area contributed by atoms with Crippen molar-refractivity contribution in [2.24, 2.45) is 5.73 Å². The Hall–Kier alpha value is -3.87. The largest absolute Gasteiger partial charge is 0.488 e. The first kappa shape index (κ1) is 20.1. The van der Waals surface area contributed by atoms with E-state index in [2.05, 4.69) is 25.5 Å². The fourth-order valence-corrected chi connectivity index (χ4v) is 3.61. The number of ether oxygens (including phenoxy) is 1. The molecule has 5 rings (SSSR count). The van der Waals surface area contributed by atoms with Crippen LogP contribution in [0.4, 0.5) is 5.82 Å². The van der Waals surface area contributed by atoms with Crippen LogP contribution in [0.15, 0.2) is 42.6 Å². The third-order valence-electron chi connectivity index (χ3n) is 5.19. The first-order chi connectivity index (χ1) is 15.5. The number of nitrogens with zero attached hydrogens (tertiary/aromatic N) is 5. The molecule has 0 bridgehead atoms. The van der Waals surface area contributed by atoms with Crippen molar-refractivity contribution in [1.29, 1.82) is 0 Å². The molecule has 32 heavy (non-hydrogen) atoms. The van der Waals surface area contributed by atoms with E-state index in [4.69, 9.17) is 10.5 Å². The standard InChI is InChI=1S/C20H18BN7O4/c22-16(29)13-5-2-6-28-19(13)26-27-20(28)18-24-15-10-32-9-14(15)17(25-18)23-8-11-3-1-4-12(7-11)21(30)31/h1-7,30-31H,8-10H2,(H2,22,29)(H,23,24,25). The van der Waals surface area contributed by atoms with Crippen molar-refractivity contribution in [2.45, 2.75) is 19.8 Å². The molecule has 160 valence electrons. The molecular formula is C20H18BN7O4. The van der Waals surface area contributed by atoms with Gasteiger partial charge in [0.25, 0.3) is 5.91 Å². The summed E-state index contributed by atoms with van der Waals surface area (Å²) in [5.74, 6) is 0.673. The molecule has 4 aromatic rings. The van der Waals surface area contributed by atoms with E-state index in [1.165, 1.54) is 0 Å². The number of nitrogens with one attached hydrogen (secondary N) is 1. The number of anilines is 1. The summed E-state index contributed by atoms with van der Waals surface area (Å²) in [7, 11) is -1.54. The van der Waals surface area contributed by atoms with Gasteiger partial charge in [-0.1, -0.05) is 24.3 Å². The number of amides is 1. The van der Waals surface area contributed by atoms with Crippen molar-refractivity contribution in [3.8, 4) is 11.6 Å². The van der Waals surface area contributed by atoms with E-state index in [0.29, 0.717) is 48.3 Å². The molecule has 12 heteroatoms. The number of benzene rings is 1. The zero-order valence-electron chi connectivity index (χ0n) is 16.8. The van der Waals surface area contributed by atoms with E-state index in [0.717, 1.165) is 16.8 Å². The van der Waals surface area contributed by atoms with Crippen LogP contribution in [0.1, 0.15) is 27.2 Å². The van der Waals surface area contributed by atoms with Gasteiger partial charge in [0.2, 0.25) is 11.6 Å². The fraction of sp³-hybridized carbons (Fsp3) is 0.150. The lowest BCUT2D eigenvalue weighted by Crippen LogP contribution is -2.30. The minimum absolute atomic E-state index is 0.250. The average molecular weight is 431 g/mol. The molecule has 1 aliphatic rings. The summed E-state index contributed by atoms with van der Waals surface area (Å²) < 4.78 is 7.17. The molecule has 11 nitrogen and oxygen atoms in total. The van der Waals surface area contributed by atoms with E-state index in [1.54, 1.807) is 40.9 Å². The van der Waals surface area contributed by atoms with Crippen LogP contribution in [-0.2, 0) is 24.5 Å². The number of pyridine rings is 1. The molecule has 0 aliphatic carbocycles. The summed E-state index contributed by atoms with van der Waals surface area (Å²) in [6.07, 6.45) is 1.71. The smallest absolute Gasteiger partial charge is 0.423 e. The number of aromatic nitrogens is 5. The molecule has 0 saturated carbocycles. The van der Waals surface area contributed by atoms with Gasteiger partial charge in [0, 0.05) is 18.3 Å². The number of hydrogen-bond acceptors (Lipinski definition) is 9. The Balaban J connectivity index is 1.52. The predicted molar refractivity (Wildman–Crippen MR) is 115 cm³/mol. The molecule has 1 aromatic carbocycles. The third kappa shape index (κ3) is 3.56. The predicted octanol–water partition coefficient (Wildman–Crippen LogP) is -0.393. The Morgan fingerprint density at radius 3 is 2.88 bits per heavy atom. The van der Waals surface area contributed by atoms with E-state index >= 15 is 0 Å². The molecule has 0 unspecified atom stereocenters. The highest BCUT2D eigenvalue weighted by Crippen LogP contribution is 2.28. The number of nitrogens with two attached hydrogens (primary N) is 1. The first-order valence-electron chi connectivity index (χ1n) is 9.81. The minimum atomic E-state index is -1.54. The van der Waals surface area contributed by atoms with Crippen LogP contribution in [0.5, 0.6) is 0 Å². The third-order valence-corrected chi connectivity index (χ3v) is 5.19.